The number of aromatic nitrogens is 2. The molecular formula is C16H20N4O3. The molecule has 0 aliphatic carbocycles. The van der Waals surface area contributed by atoms with E-state index in [4.69, 9.17) is 9.26 Å². The Hall–Kier alpha value is -2.41. The van der Waals surface area contributed by atoms with Gasteiger partial charge in [0, 0.05) is 13.0 Å². The predicted molar refractivity (Wildman–Crippen MR) is 83.2 cm³/mol. The van der Waals surface area contributed by atoms with Gasteiger partial charge in [0.05, 0.1) is 5.56 Å². The van der Waals surface area contributed by atoms with E-state index in [0.29, 0.717) is 23.0 Å². The minimum absolute atomic E-state index is 0.114. The Morgan fingerprint density at radius 2 is 2.17 bits per heavy atom. The summed E-state index contributed by atoms with van der Waals surface area (Å²) < 4.78 is 10.6. The average molecular weight is 316 g/mol. The molecule has 0 unspecified atom stereocenters. The van der Waals surface area contributed by atoms with E-state index in [-0.39, 0.29) is 18.6 Å². The zero-order valence-corrected chi connectivity index (χ0v) is 13.0. The van der Waals surface area contributed by atoms with Gasteiger partial charge >= 0.3 is 0 Å². The summed E-state index contributed by atoms with van der Waals surface area (Å²) in [5, 5.41) is 10.1. The van der Waals surface area contributed by atoms with Crippen LogP contribution in [0.3, 0.4) is 0 Å². The first-order valence-corrected chi connectivity index (χ1v) is 7.75. The van der Waals surface area contributed by atoms with Gasteiger partial charge in [-0.05, 0) is 38.1 Å². The summed E-state index contributed by atoms with van der Waals surface area (Å²) in [4.78, 5) is 16.6. The fourth-order valence-corrected chi connectivity index (χ4v) is 2.55. The Labute approximate surface area is 134 Å². The smallest absolute Gasteiger partial charge is 0.255 e. The number of hydrogen-bond acceptors (Lipinski definition) is 6. The average Bonchev–Trinajstić information content (AvgIpc) is 2.99. The summed E-state index contributed by atoms with van der Waals surface area (Å²) in [6, 6.07) is 7.38. The number of carbonyl (C=O) groups excluding carboxylic acids is 1. The second kappa shape index (κ2) is 7.23. The highest BCUT2D eigenvalue weighted by atomic mass is 16.5. The first-order valence-electron chi connectivity index (χ1n) is 7.75. The van der Waals surface area contributed by atoms with E-state index in [1.54, 1.807) is 19.1 Å². The number of nitrogens with zero attached hydrogens (tertiary/aromatic N) is 2. The summed E-state index contributed by atoms with van der Waals surface area (Å²) in [5.41, 5.74) is 0.520. The number of benzene rings is 1. The first-order chi connectivity index (χ1) is 11.2. The summed E-state index contributed by atoms with van der Waals surface area (Å²) in [6.45, 7) is 3.74. The van der Waals surface area contributed by atoms with E-state index < -0.39 is 0 Å². The summed E-state index contributed by atoms with van der Waals surface area (Å²) in [7, 11) is 0. The zero-order chi connectivity index (χ0) is 16.1. The van der Waals surface area contributed by atoms with Gasteiger partial charge in [-0.25, -0.2) is 0 Å². The van der Waals surface area contributed by atoms with Gasteiger partial charge in [0.25, 0.3) is 5.91 Å². The molecule has 2 aromatic rings. The number of piperidine rings is 1. The number of nitrogens with one attached hydrogen (secondary N) is 2. The third-order valence-electron chi connectivity index (χ3n) is 3.73. The molecule has 2 heterocycles. The van der Waals surface area contributed by atoms with Crippen molar-refractivity contribution >= 4 is 5.91 Å². The van der Waals surface area contributed by atoms with Crippen LogP contribution < -0.4 is 15.4 Å². The van der Waals surface area contributed by atoms with E-state index in [9.17, 15) is 4.79 Å². The van der Waals surface area contributed by atoms with E-state index >= 15 is 0 Å². The molecule has 1 aliphatic rings. The molecule has 1 fully saturated rings. The SMILES string of the molecule is Cc1nc(COc2ccccc2C(=O)NC2CCNCC2)no1. The van der Waals surface area contributed by atoms with Crippen molar-refractivity contribution in [3.63, 3.8) is 0 Å². The molecule has 23 heavy (non-hydrogen) atoms. The van der Waals surface area contributed by atoms with Crippen molar-refractivity contribution in [1.29, 1.82) is 0 Å². The van der Waals surface area contributed by atoms with Crippen molar-refractivity contribution in [1.82, 2.24) is 20.8 Å². The molecule has 1 aliphatic heterocycles. The van der Waals surface area contributed by atoms with Crippen molar-refractivity contribution in [2.75, 3.05) is 13.1 Å². The summed E-state index contributed by atoms with van der Waals surface area (Å²) in [5.74, 6) is 1.34. The molecule has 0 bridgehead atoms. The number of ether oxygens (including phenoxy) is 1. The highest BCUT2D eigenvalue weighted by Gasteiger charge is 2.19. The van der Waals surface area contributed by atoms with E-state index in [0.717, 1.165) is 25.9 Å². The molecule has 0 atom stereocenters. The zero-order valence-electron chi connectivity index (χ0n) is 13.0. The molecule has 1 aromatic heterocycles. The second-order valence-corrected chi connectivity index (χ2v) is 5.51. The molecule has 2 N–H and O–H groups in total. The summed E-state index contributed by atoms with van der Waals surface area (Å²) >= 11 is 0. The standard InChI is InChI=1S/C16H20N4O3/c1-11-18-15(20-23-11)10-22-14-5-3-2-4-13(14)16(21)19-12-6-8-17-9-7-12/h2-5,12,17H,6-10H2,1H3,(H,19,21). The van der Waals surface area contributed by atoms with Gasteiger partial charge in [-0.1, -0.05) is 17.3 Å². The Morgan fingerprint density at radius 3 is 2.91 bits per heavy atom. The van der Waals surface area contributed by atoms with Crippen LogP contribution in [0.25, 0.3) is 0 Å². The quantitative estimate of drug-likeness (QED) is 0.867. The third kappa shape index (κ3) is 4.07. The Balaban J connectivity index is 1.65. The Bertz CT molecular complexity index is 665. The maximum Gasteiger partial charge on any atom is 0.255 e. The molecule has 3 rings (SSSR count). The monoisotopic (exact) mass is 316 g/mol. The molecular weight excluding hydrogens is 296 g/mol. The number of carbonyl (C=O) groups is 1. The van der Waals surface area contributed by atoms with Gasteiger partial charge in [0.2, 0.25) is 11.7 Å². The molecule has 0 spiro atoms. The van der Waals surface area contributed by atoms with Gasteiger partial charge in [-0.2, -0.15) is 4.98 Å². The van der Waals surface area contributed by atoms with Crippen LogP contribution in [0, 0.1) is 6.92 Å². The van der Waals surface area contributed by atoms with Crippen molar-refractivity contribution < 1.29 is 14.1 Å². The second-order valence-electron chi connectivity index (χ2n) is 5.51. The normalized spacial score (nSPS) is 15.3. The van der Waals surface area contributed by atoms with Gasteiger partial charge in [0.15, 0.2) is 6.61 Å². The fraction of sp³-hybridized carbons (Fsp3) is 0.438. The number of rotatable bonds is 5. The van der Waals surface area contributed by atoms with E-state index in [1.165, 1.54) is 0 Å². The van der Waals surface area contributed by atoms with Crippen LogP contribution >= 0.6 is 0 Å². The number of hydrogen-bond donors (Lipinski definition) is 2. The lowest BCUT2D eigenvalue weighted by molar-refractivity contribution is 0.0925. The van der Waals surface area contributed by atoms with Crippen LogP contribution in [0.4, 0.5) is 0 Å². The highest BCUT2D eigenvalue weighted by molar-refractivity contribution is 5.97. The van der Waals surface area contributed by atoms with E-state index in [2.05, 4.69) is 20.8 Å². The maximum absolute atomic E-state index is 12.5. The number of amides is 1. The van der Waals surface area contributed by atoms with Gasteiger partial charge in [0.1, 0.15) is 5.75 Å². The lowest BCUT2D eigenvalue weighted by Gasteiger charge is -2.24. The predicted octanol–water partition coefficient (Wildman–Crippen LogP) is 1.44. The van der Waals surface area contributed by atoms with Crippen LogP contribution in [0.2, 0.25) is 0 Å². The van der Waals surface area contributed by atoms with Gasteiger partial charge in [-0.3, -0.25) is 4.79 Å². The number of para-hydroxylation sites is 1. The van der Waals surface area contributed by atoms with Crippen LogP contribution in [-0.2, 0) is 6.61 Å². The lowest BCUT2D eigenvalue weighted by atomic mass is 10.1. The Kier molecular flexibility index (Phi) is 4.87. The van der Waals surface area contributed by atoms with Crippen LogP contribution in [0.1, 0.15) is 34.9 Å². The lowest BCUT2D eigenvalue weighted by Crippen LogP contribution is -2.42. The van der Waals surface area contributed by atoms with Crippen molar-refractivity contribution in [2.24, 2.45) is 0 Å². The molecule has 0 radical (unpaired) electrons. The molecule has 0 saturated carbocycles. The van der Waals surface area contributed by atoms with Crippen molar-refractivity contribution in [3.05, 3.63) is 41.5 Å². The minimum Gasteiger partial charge on any atom is -0.485 e. The van der Waals surface area contributed by atoms with Crippen molar-refractivity contribution in [2.45, 2.75) is 32.4 Å². The molecule has 7 heteroatoms. The Morgan fingerprint density at radius 1 is 1.39 bits per heavy atom. The minimum atomic E-state index is -0.114. The topological polar surface area (TPSA) is 89.3 Å². The molecule has 7 nitrogen and oxygen atoms in total. The summed E-state index contributed by atoms with van der Waals surface area (Å²) in [6.07, 6.45) is 1.88. The highest BCUT2D eigenvalue weighted by Crippen LogP contribution is 2.19. The first kappa shape index (κ1) is 15.5. The fourth-order valence-electron chi connectivity index (χ4n) is 2.55. The molecule has 122 valence electrons. The third-order valence-corrected chi connectivity index (χ3v) is 3.73. The van der Waals surface area contributed by atoms with Crippen LogP contribution in [0.5, 0.6) is 5.75 Å². The molecule has 1 saturated heterocycles. The van der Waals surface area contributed by atoms with E-state index in [1.807, 2.05) is 12.1 Å². The van der Waals surface area contributed by atoms with Crippen LogP contribution in [0.15, 0.2) is 28.8 Å². The maximum atomic E-state index is 12.5. The van der Waals surface area contributed by atoms with Gasteiger partial charge < -0.3 is 19.9 Å². The number of aryl methyl sites for hydroxylation is 1. The molecule has 1 amide bonds. The van der Waals surface area contributed by atoms with Crippen LogP contribution in [-0.4, -0.2) is 35.2 Å². The largest absolute Gasteiger partial charge is 0.485 e. The van der Waals surface area contributed by atoms with Crippen molar-refractivity contribution in [3.8, 4) is 5.75 Å². The molecule has 1 aromatic carbocycles. The van der Waals surface area contributed by atoms with Gasteiger partial charge in [-0.15, -0.1) is 0 Å².